The van der Waals surface area contributed by atoms with E-state index in [9.17, 15) is 5.11 Å². The third-order valence-corrected chi connectivity index (χ3v) is 5.01. The van der Waals surface area contributed by atoms with Crippen molar-refractivity contribution >= 4 is 27.4 Å². The Kier molecular flexibility index (Phi) is 3.48. The van der Waals surface area contributed by atoms with Gasteiger partial charge in [-0.05, 0) is 25.0 Å². The van der Waals surface area contributed by atoms with Gasteiger partial charge in [-0.1, -0.05) is 12.1 Å². The Balaban J connectivity index is 1.46. The van der Waals surface area contributed by atoms with Gasteiger partial charge < -0.3 is 10.4 Å². The maximum Gasteiger partial charge on any atom is 0.129 e. The van der Waals surface area contributed by atoms with Crippen LogP contribution in [-0.4, -0.2) is 26.2 Å². The number of benzene rings is 1. The summed E-state index contributed by atoms with van der Waals surface area (Å²) in [6.45, 7) is 0.656. The van der Waals surface area contributed by atoms with Gasteiger partial charge in [-0.15, -0.1) is 11.3 Å². The number of aliphatic hydroxyl groups is 1. The second kappa shape index (κ2) is 5.62. The molecule has 4 rings (SSSR count). The lowest BCUT2D eigenvalue weighted by Gasteiger charge is -2.30. The molecule has 1 fully saturated rings. The van der Waals surface area contributed by atoms with E-state index < -0.39 is 0 Å². The van der Waals surface area contributed by atoms with Crippen LogP contribution in [0.2, 0.25) is 0 Å². The zero-order chi connectivity index (χ0) is 14.9. The fourth-order valence-corrected chi connectivity index (χ4v) is 3.59. The van der Waals surface area contributed by atoms with Crippen LogP contribution < -0.4 is 5.32 Å². The number of hydrogen-bond acceptors (Lipinski definition) is 6. The lowest BCUT2D eigenvalue weighted by atomic mass is 9.80. The van der Waals surface area contributed by atoms with Gasteiger partial charge >= 0.3 is 0 Å². The van der Waals surface area contributed by atoms with Crippen molar-refractivity contribution < 1.29 is 5.11 Å². The molecule has 1 saturated carbocycles. The van der Waals surface area contributed by atoms with Crippen molar-refractivity contribution in [1.29, 1.82) is 0 Å². The number of rotatable bonds is 4. The lowest BCUT2D eigenvalue weighted by Crippen LogP contribution is -2.27. The van der Waals surface area contributed by atoms with Gasteiger partial charge in [0.25, 0.3) is 0 Å². The van der Waals surface area contributed by atoms with Crippen LogP contribution in [0, 0.1) is 0 Å². The Hall–Kier alpha value is -2.05. The summed E-state index contributed by atoms with van der Waals surface area (Å²) >= 11 is 1.69. The van der Waals surface area contributed by atoms with E-state index >= 15 is 0 Å². The van der Waals surface area contributed by atoms with Gasteiger partial charge in [0.2, 0.25) is 0 Å². The van der Waals surface area contributed by atoms with Crippen molar-refractivity contribution in [3.63, 3.8) is 0 Å². The zero-order valence-corrected chi connectivity index (χ0v) is 12.8. The Morgan fingerprint density at radius 3 is 2.91 bits per heavy atom. The number of fused-ring (bicyclic) bond motifs is 1. The van der Waals surface area contributed by atoms with E-state index in [1.165, 1.54) is 4.70 Å². The average molecular weight is 312 g/mol. The molecular weight excluding hydrogens is 296 g/mol. The van der Waals surface area contributed by atoms with Gasteiger partial charge in [0.1, 0.15) is 17.2 Å². The average Bonchev–Trinajstić information content (AvgIpc) is 2.93. The summed E-state index contributed by atoms with van der Waals surface area (Å²) in [4.78, 5) is 13.2. The Labute approximate surface area is 132 Å². The standard InChI is InChI=1S/C16H16N4OS/c21-11-5-10(6-11)13-7-15(19-9-18-13)17-8-16-20-12-3-1-2-4-14(12)22-16/h1-4,7,9-11,21H,5-6,8H2,(H,17,18,19). The number of nitrogens with zero attached hydrogens (tertiary/aromatic N) is 3. The summed E-state index contributed by atoms with van der Waals surface area (Å²) in [6, 6.07) is 10.1. The van der Waals surface area contributed by atoms with Crippen molar-refractivity contribution in [2.24, 2.45) is 0 Å². The molecule has 1 aromatic carbocycles. The normalized spacial score (nSPS) is 20.8. The van der Waals surface area contributed by atoms with E-state index in [0.29, 0.717) is 12.5 Å². The topological polar surface area (TPSA) is 70.9 Å². The van der Waals surface area contributed by atoms with E-state index in [1.54, 1.807) is 17.7 Å². The van der Waals surface area contributed by atoms with Gasteiger partial charge in [-0.25, -0.2) is 15.0 Å². The molecule has 2 aromatic heterocycles. The number of aliphatic hydroxyl groups excluding tert-OH is 1. The molecular formula is C16H16N4OS. The number of aromatic nitrogens is 3. The summed E-state index contributed by atoms with van der Waals surface area (Å²) in [6.07, 6.45) is 3.02. The lowest BCUT2D eigenvalue weighted by molar-refractivity contribution is 0.0732. The second-order valence-corrected chi connectivity index (χ2v) is 6.69. The van der Waals surface area contributed by atoms with E-state index in [4.69, 9.17) is 0 Å². The molecule has 0 bridgehead atoms. The zero-order valence-electron chi connectivity index (χ0n) is 11.9. The maximum absolute atomic E-state index is 9.40. The molecule has 0 unspecified atom stereocenters. The van der Waals surface area contributed by atoms with Crippen molar-refractivity contribution in [3.8, 4) is 0 Å². The third-order valence-electron chi connectivity index (χ3n) is 3.98. The van der Waals surface area contributed by atoms with Crippen molar-refractivity contribution in [2.45, 2.75) is 31.4 Å². The fourth-order valence-electron chi connectivity index (χ4n) is 2.68. The molecule has 2 N–H and O–H groups in total. The first-order valence-electron chi connectivity index (χ1n) is 7.36. The van der Waals surface area contributed by atoms with Crippen LogP contribution in [0.25, 0.3) is 10.2 Å². The summed E-state index contributed by atoms with van der Waals surface area (Å²) in [5, 5.41) is 13.8. The second-order valence-electron chi connectivity index (χ2n) is 5.58. The SMILES string of the molecule is OC1CC(c2cc(NCc3nc4ccccc4s3)ncn2)C1. The molecule has 22 heavy (non-hydrogen) atoms. The molecule has 6 heteroatoms. The van der Waals surface area contributed by atoms with Crippen molar-refractivity contribution in [3.05, 3.63) is 47.4 Å². The van der Waals surface area contributed by atoms with Gasteiger partial charge in [0, 0.05) is 17.7 Å². The molecule has 5 nitrogen and oxygen atoms in total. The van der Waals surface area contributed by atoms with Crippen LogP contribution in [0.15, 0.2) is 36.7 Å². The first-order valence-corrected chi connectivity index (χ1v) is 8.18. The smallest absolute Gasteiger partial charge is 0.129 e. The molecule has 0 atom stereocenters. The quantitative estimate of drug-likeness (QED) is 0.775. The van der Waals surface area contributed by atoms with E-state index in [-0.39, 0.29) is 6.10 Å². The number of thiazole rings is 1. The van der Waals surface area contributed by atoms with Crippen LogP contribution in [0.3, 0.4) is 0 Å². The molecule has 0 aliphatic heterocycles. The molecule has 2 heterocycles. The summed E-state index contributed by atoms with van der Waals surface area (Å²) in [7, 11) is 0. The predicted molar refractivity (Wildman–Crippen MR) is 87.0 cm³/mol. The highest BCUT2D eigenvalue weighted by atomic mass is 32.1. The van der Waals surface area contributed by atoms with Crippen molar-refractivity contribution in [1.82, 2.24) is 15.0 Å². The van der Waals surface area contributed by atoms with Crippen LogP contribution in [0.4, 0.5) is 5.82 Å². The first-order chi connectivity index (χ1) is 10.8. The van der Waals surface area contributed by atoms with Gasteiger partial charge in [0.15, 0.2) is 0 Å². The highest BCUT2D eigenvalue weighted by molar-refractivity contribution is 7.18. The third kappa shape index (κ3) is 2.67. The van der Waals surface area contributed by atoms with E-state index in [0.717, 1.165) is 34.9 Å². The van der Waals surface area contributed by atoms with E-state index in [2.05, 4.69) is 26.3 Å². The van der Waals surface area contributed by atoms with Gasteiger partial charge in [0.05, 0.1) is 22.9 Å². The Morgan fingerprint density at radius 1 is 1.23 bits per heavy atom. The molecule has 0 saturated heterocycles. The molecule has 0 amide bonds. The number of anilines is 1. The molecule has 1 aliphatic carbocycles. The summed E-state index contributed by atoms with van der Waals surface area (Å²) < 4.78 is 1.20. The Morgan fingerprint density at radius 2 is 2.09 bits per heavy atom. The maximum atomic E-state index is 9.40. The first kappa shape index (κ1) is 13.6. The molecule has 1 aliphatic rings. The number of nitrogens with one attached hydrogen (secondary N) is 1. The largest absolute Gasteiger partial charge is 0.393 e. The highest BCUT2D eigenvalue weighted by Gasteiger charge is 2.29. The van der Waals surface area contributed by atoms with Gasteiger partial charge in [-0.3, -0.25) is 0 Å². The minimum atomic E-state index is -0.167. The molecule has 0 spiro atoms. The fraction of sp³-hybridized carbons (Fsp3) is 0.312. The van der Waals surface area contributed by atoms with Crippen LogP contribution in [0.5, 0.6) is 0 Å². The number of hydrogen-bond donors (Lipinski definition) is 2. The van der Waals surface area contributed by atoms with Gasteiger partial charge in [-0.2, -0.15) is 0 Å². The minimum Gasteiger partial charge on any atom is -0.393 e. The molecule has 3 aromatic rings. The molecule has 112 valence electrons. The Bertz CT molecular complexity index is 764. The van der Waals surface area contributed by atoms with Crippen LogP contribution in [0.1, 0.15) is 29.5 Å². The van der Waals surface area contributed by atoms with Crippen LogP contribution in [-0.2, 0) is 6.54 Å². The number of para-hydroxylation sites is 1. The predicted octanol–water partition coefficient (Wildman–Crippen LogP) is 2.94. The van der Waals surface area contributed by atoms with Crippen molar-refractivity contribution in [2.75, 3.05) is 5.32 Å². The van der Waals surface area contributed by atoms with E-state index in [1.807, 2.05) is 24.3 Å². The monoisotopic (exact) mass is 312 g/mol. The van der Waals surface area contributed by atoms with Crippen LogP contribution >= 0.6 is 11.3 Å². The summed E-state index contributed by atoms with van der Waals surface area (Å²) in [5.41, 5.74) is 2.04. The summed E-state index contributed by atoms with van der Waals surface area (Å²) in [5.74, 6) is 1.17. The molecule has 0 radical (unpaired) electrons. The highest BCUT2D eigenvalue weighted by Crippen LogP contribution is 2.36. The minimum absolute atomic E-state index is 0.167.